The van der Waals surface area contributed by atoms with Crippen LogP contribution < -0.4 is 0 Å². The van der Waals surface area contributed by atoms with Crippen molar-refractivity contribution < 1.29 is 18.3 Å². The maximum atomic E-state index is 12.7. The number of carboxylic acids is 1. The molecule has 1 aromatic rings. The summed E-state index contributed by atoms with van der Waals surface area (Å²) in [6, 6.07) is 0. The van der Waals surface area contributed by atoms with Crippen LogP contribution in [0, 0.1) is 13.8 Å². The molecule has 0 radical (unpaired) electrons. The van der Waals surface area contributed by atoms with Crippen molar-refractivity contribution in [2.45, 2.75) is 52.0 Å². The third-order valence-electron chi connectivity index (χ3n) is 3.31. The van der Waals surface area contributed by atoms with Gasteiger partial charge in [-0.3, -0.25) is 9.48 Å². The van der Waals surface area contributed by atoms with Gasteiger partial charge in [0.1, 0.15) is 11.4 Å². The average molecular weight is 317 g/mol. The number of hydrogen-bond donors (Lipinski definition) is 1. The first kappa shape index (κ1) is 17.6. The van der Waals surface area contributed by atoms with Crippen LogP contribution in [0.2, 0.25) is 0 Å². The summed E-state index contributed by atoms with van der Waals surface area (Å²) in [5.41, 5.74) is 0.702. The van der Waals surface area contributed by atoms with Crippen LogP contribution in [0.15, 0.2) is 4.90 Å². The molecule has 0 amide bonds. The molecular formula is C13H23N3O4S. The van der Waals surface area contributed by atoms with Gasteiger partial charge >= 0.3 is 5.97 Å². The zero-order valence-electron chi connectivity index (χ0n) is 13.0. The van der Waals surface area contributed by atoms with Gasteiger partial charge in [0.05, 0.1) is 11.4 Å². The molecule has 7 nitrogen and oxygen atoms in total. The lowest BCUT2D eigenvalue weighted by atomic mass is 10.3. The van der Waals surface area contributed by atoms with Crippen molar-refractivity contribution in [2.75, 3.05) is 13.1 Å². The molecule has 0 saturated carbocycles. The molecule has 0 aromatic carbocycles. The van der Waals surface area contributed by atoms with E-state index in [4.69, 9.17) is 5.11 Å². The first-order valence-electron chi connectivity index (χ1n) is 7.01. The van der Waals surface area contributed by atoms with E-state index in [2.05, 4.69) is 5.10 Å². The molecular weight excluding hydrogens is 294 g/mol. The smallest absolute Gasteiger partial charge is 0.325 e. The molecule has 21 heavy (non-hydrogen) atoms. The summed E-state index contributed by atoms with van der Waals surface area (Å²) in [5, 5.41) is 12.9. The quantitative estimate of drug-likeness (QED) is 0.782. The van der Waals surface area contributed by atoms with Crippen LogP contribution in [-0.4, -0.2) is 46.7 Å². The minimum absolute atomic E-state index is 0.127. The Morgan fingerprint density at radius 2 is 1.95 bits per heavy atom. The van der Waals surface area contributed by atoms with E-state index in [9.17, 15) is 13.2 Å². The normalized spacial score (nSPS) is 12.0. The lowest BCUT2D eigenvalue weighted by Crippen LogP contribution is -2.32. The highest BCUT2D eigenvalue weighted by Crippen LogP contribution is 2.23. The molecule has 1 rings (SSSR count). The number of carboxylic acid groups (broad SMARTS) is 1. The van der Waals surface area contributed by atoms with Gasteiger partial charge in [-0.2, -0.15) is 9.40 Å². The maximum absolute atomic E-state index is 12.7. The third-order valence-corrected chi connectivity index (χ3v) is 5.54. The highest BCUT2D eigenvalue weighted by molar-refractivity contribution is 7.89. The number of unbranched alkanes of at least 4 members (excludes halogenated alkanes) is 1. The van der Waals surface area contributed by atoms with Crippen LogP contribution in [-0.2, 0) is 21.4 Å². The van der Waals surface area contributed by atoms with E-state index >= 15 is 0 Å². The summed E-state index contributed by atoms with van der Waals surface area (Å²) in [5.74, 6) is -1.05. The fourth-order valence-electron chi connectivity index (χ4n) is 2.25. The van der Waals surface area contributed by atoms with Crippen LogP contribution in [0.25, 0.3) is 0 Å². The minimum atomic E-state index is -3.64. The number of carbonyl (C=O) groups is 1. The molecule has 8 heteroatoms. The zero-order valence-corrected chi connectivity index (χ0v) is 13.8. The van der Waals surface area contributed by atoms with Gasteiger partial charge in [0, 0.05) is 13.1 Å². The number of hydrogen-bond acceptors (Lipinski definition) is 4. The standard InChI is InChI=1S/C13H23N3O4S/c1-5-7-8-15(6-2)21(19,20)13-10(3)14-16(11(13)4)9-12(17)18/h5-9H2,1-4H3,(H,17,18). The number of sulfonamides is 1. The van der Waals surface area contributed by atoms with Crippen LogP contribution in [0.4, 0.5) is 0 Å². The van der Waals surface area contributed by atoms with Gasteiger partial charge in [-0.25, -0.2) is 8.42 Å². The molecule has 1 aromatic heterocycles. The van der Waals surface area contributed by atoms with E-state index in [1.54, 1.807) is 20.8 Å². The van der Waals surface area contributed by atoms with Gasteiger partial charge in [-0.1, -0.05) is 20.3 Å². The van der Waals surface area contributed by atoms with Crippen LogP contribution in [0.5, 0.6) is 0 Å². The highest BCUT2D eigenvalue weighted by atomic mass is 32.2. The van der Waals surface area contributed by atoms with E-state index < -0.39 is 16.0 Å². The minimum Gasteiger partial charge on any atom is -0.480 e. The van der Waals surface area contributed by atoms with Gasteiger partial charge in [-0.05, 0) is 20.3 Å². The lowest BCUT2D eigenvalue weighted by molar-refractivity contribution is -0.137. The molecule has 0 aliphatic rings. The molecule has 0 fully saturated rings. The molecule has 0 spiro atoms. The Kier molecular flexibility index (Phi) is 5.91. The van der Waals surface area contributed by atoms with E-state index in [0.717, 1.165) is 12.8 Å². The van der Waals surface area contributed by atoms with Gasteiger partial charge in [-0.15, -0.1) is 0 Å². The van der Waals surface area contributed by atoms with Gasteiger partial charge in [0.15, 0.2) is 0 Å². The number of aryl methyl sites for hydroxylation is 1. The number of nitrogens with zero attached hydrogens (tertiary/aromatic N) is 3. The van der Waals surface area contributed by atoms with Crippen molar-refractivity contribution in [3.05, 3.63) is 11.4 Å². The molecule has 0 aliphatic carbocycles. The summed E-state index contributed by atoms with van der Waals surface area (Å²) in [7, 11) is -3.64. The Bertz CT molecular complexity index is 607. The molecule has 0 aliphatic heterocycles. The summed E-state index contributed by atoms with van der Waals surface area (Å²) >= 11 is 0. The molecule has 1 N–H and O–H groups in total. The Hall–Kier alpha value is -1.41. The Morgan fingerprint density at radius 1 is 1.33 bits per heavy atom. The van der Waals surface area contributed by atoms with Gasteiger partial charge in [0.25, 0.3) is 0 Å². The van der Waals surface area contributed by atoms with Crippen LogP contribution >= 0.6 is 0 Å². The molecule has 120 valence electrons. The monoisotopic (exact) mass is 317 g/mol. The van der Waals surface area contributed by atoms with Gasteiger partial charge < -0.3 is 5.11 Å². The SMILES string of the molecule is CCCCN(CC)S(=O)(=O)c1c(C)nn(CC(=O)O)c1C. The van der Waals surface area contributed by atoms with Crippen molar-refractivity contribution in [1.29, 1.82) is 0 Å². The number of aromatic nitrogens is 2. The molecule has 0 bridgehead atoms. The van der Waals surface area contributed by atoms with Crippen LogP contribution in [0.1, 0.15) is 38.1 Å². The lowest BCUT2D eigenvalue weighted by Gasteiger charge is -2.20. The van der Waals surface area contributed by atoms with E-state index in [1.807, 2.05) is 6.92 Å². The maximum Gasteiger partial charge on any atom is 0.325 e. The van der Waals surface area contributed by atoms with Gasteiger partial charge in [0.2, 0.25) is 10.0 Å². The van der Waals surface area contributed by atoms with Crippen molar-refractivity contribution in [3.63, 3.8) is 0 Å². The Morgan fingerprint density at radius 3 is 2.43 bits per heavy atom. The van der Waals surface area contributed by atoms with E-state index in [1.165, 1.54) is 8.99 Å². The van der Waals surface area contributed by atoms with Crippen LogP contribution in [0.3, 0.4) is 0 Å². The summed E-state index contributed by atoms with van der Waals surface area (Å²) in [4.78, 5) is 10.9. The number of rotatable bonds is 8. The van der Waals surface area contributed by atoms with E-state index in [-0.39, 0.29) is 11.4 Å². The largest absolute Gasteiger partial charge is 0.480 e. The molecule has 0 saturated heterocycles. The summed E-state index contributed by atoms with van der Waals surface area (Å²) in [6.45, 7) is 7.46. The van der Waals surface area contributed by atoms with Crippen molar-refractivity contribution in [3.8, 4) is 0 Å². The fraction of sp³-hybridized carbons (Fsp3) is 0.692. The third kappa shape index (κ3) is 3.82. The predicted molar refractivity (Wildman–Crippen MR) is 78.7 cm³/mol. The van der Waals surface area contributed by atoms with Crippen molar-refractivity contribution in [1.82, 2.24) is 14.1 Å². The Balaban J connectivity index is 3.24. The predicted octanol–water partition coefficient (Wildman–Crippen LogP) is 1.40. The second-order valence-corrected chi connectivity index (χ2v) is 6.78. The number of aliphatic carboxylic acids is 1. The van der Waals surface area contributed by atoms with Crippen molar-refractivity contribution in [2.24, 2.45) is 0 Å². The first-order valence-corrected chi connectivity index (χ1v) is 8.45. The average Bonchev–Trinajstić information content (AvgIpc) is 2.64. The second-order valence-electron chi connectivity index (χ2n) is 4.90. The first-order chi connectivity index (χ1) is 9.75. The van der Waals surface area contributed by atoms with E-state index in [0.29, 0.717) is 24.5 Å². The zero-order chi connectivity index (χ0) is 16.2. The molecule has 0 unspecified atom stereocenters. The highest BCUT2D eigenvalue weighted by Gasteiger charge is 2.30. The topological polar surface area (TPSA) is 92.5 Å². The Labute approximate surface area is 125 Å². The second kappa shape index (κ2) is 7.04. The summed E-state index contributed by atoms with van der Waals surface area (Å²) < 4.78 is 28.1. The van der Waals surface area contributed by atoms with Crippen molar-refractivity contribution >= 4 is 16.0 Å². The molecule has 1 heterocycles. The molecule has 0 atom stereocenters. The summed E-state index contributed by atoms with van der Waals surface area (Å²) in [6.07, 6.45) is 1.69. The fourth-order valence-corrected chi connectivity index (χ4v) is 4.11.